The molecular formula is C26H30Cl3N3O4S. The van der Waals surface area contributed by atoms with Crippen molar-refractivity contribution >= 4 is 56.6 Å². The Morgan fingerprint density at radius 3 is 2.16 bits per heavy atom. The van der Waals surface area contributed by atoms with Gasteiger partial charge in [-0.05, 0) is 61.2 Å². The Bertz CT molecular complexity index is 1260. The lowest BCUT2D eigenvalue weighted by molar-refractivity contribution is -0.129. The second-order valence-corrected chi connectivity index (χ2v) is 13.1. The molecule has 2 atom stereocenters. The summed E-state index contributed by atoms with van der Waals surface area (Å²) in [6.07, 6.45) is 1.29. The van der Waals surface area contributed by atoms with Gasteiger partial charge >= 0.3 is 0 Å². The quantitative estimate of drug-likeness (QED) is 0.498. The van der Waals surface area contributed by atoms with Crippen molar-refractivity contribution in [3.8, 4) is 0 Å². The zero-order valence-corrected chi connectivity index (χ0v) is 23.8. The third kappa shape index (κ3) is 6.09. The van der Waals surface area contributed by atoms with E-state index in [2.05, 4.69) is 0 Å². The Hall–Kier alpha value is -1.84. The summed E-state index contributed by atoms with van der Waals surface area (Å²) in [5.41, 5.74) is 1.33. The van der Waals surface area contributed by atoms with Crippen LogP contribution < -0.4 is 0 Å². The maximum atomic E-state index is 13.7. The topological polar surface area (TPSA) is 78.0 Å². The second-order valence-electron chi connectivity index (χ2n) is 9.67. The normalized spacial score (nSPS) is 21.6. The van der Waals surface area contributed by atoms with Crippen molar-refractivity contribution in [2.75, 3.05) is 33.2 Å². The number of likely N-dealkylation sites (tertiary alicyclic amines) is 1. The minimum absolute atomic E-state index is 0.0373. The molecule has 0 radical (unpaired) electrons. The highest BCUT2D eigenvalue weighted by Gasteiger charge is 2.42. The smallest absolute Gasteiger partial charge is 0.253 e. The molecule has 0 unspecified atom stereocenters. The van der Waals surface area contributed by atoms with Crippen LogP contribution in [0.3, 0.4) is 0 Å². The number of carbonyl (C=O) groups is 2. The van der Waals surface area contributed by atoms with Crippen LogP contribution in [0.15, 0.2) is 42.5 Å². The van der Waals surface area contributed by atoms with E-state index in [1.807, 2.05) is 6.07 Å². The predicted molar refractivity (Wildman–Crippen MR) is 147 cm³/mol. The number of hydrogen-bond donors (Lipinski definition) is 0. The number of amides is 2. The lowest BCUT2D eigenvalue weighted by Crippen LogP contribution is -2.54. The molecule has 2 aliphatic heterocycles. The minimum Gasteiger partial charge on any atom is -0.343 e. The Balaban J connectivity index is 1.60. The third-order valence-electron chi connectivity index (χ3n) is 7.49. The molecule has 0 N–H and O–H groups in total. The molecular weight excluding hydrogens is 557 g/mol. The average molecular weight is 587 g/mol. The van der Waals surface area contributed by atoms with Gasteiger partial charge in [-0.25, -0.2) is 12.7 Å². The van der Waals surface area contributed by atoms with Gasteiger partial charge in [0.2, 0.25) is 15.9 Å². The maximum absolute atomic E-state index is 13.7. The fourth-order valence-corrected chi connectivity index (χ4v) is 7.69. The van der Waals surface area contributed by atoms with Crippen LogP contribution in [0, 0.1) is 0 Å². The molecule has 0 saturated carbocycles. The molecule has 2 heterocycles. The van der Waals surface area contributed by atoms with Crippen molar-refractivity contribution in [2.24, 2.45) is 0 Å². The fraction of sp³-hybridized carbons (Fsp3) is 0.462. The number of hydrogen-bond acceptors (Lipinski definition) is 4. The summed E-state index contributed by atoms with van der Waals surface area (Å²) in [5, 5.41) is 0.786. The number of nitrogens with zero attached hydrogens (tertiary/aromatic N) is 3. The van der Waals surface area contributed by atoms with Gasteiger partial charge in [0.15, 0.2) is 0 Å². The number of carbonyl (C=O) groups excluding carboxylic acids is 2. The van der Waals surface area contributed by atoms with Crippen LogP contribution >= 0.6 is 34.8 Å². The van der Waals surface area contributed by atoms with Crippen LogP contribution in [-0.2, 0) is 14.8 Å². The Labute approximate surface area is 233 Å². The SMILES string of the molecule is CC(=O)N1CCC(S(=O)(=O)N2CC[C@@H](N(C)C(=O)c3ccc(Cl)cc3)[C@H](c3ccc(Cl)c(Cl)c3)C2)CC1. The van der Waals surface area contributed by atoms with Crippen molar-refractivity contribution in [3.63, 3.8) is 0 Å². The minimum atomic E-state index is -3.60. The van der Waals surface area contributed by atoms with Crippen LogP contribution in [0.1, 0.15) is 48.0 Å². The summed E-state index contributed by atoms with van der Waals surface area (Å²) in [7, 11) is -1.86. The number of halogens is 3. The van der Waals surface area contributed by atoms with Gasteiger partial charge in [0, 0.05) is 62.7 Å². The highest BCUT2D eigenvalue weighted by Crippen LogP contribution is 2.36. The summed E-state index contributed by atoms with van der Waals surface area (Å²) < 4.78 is 28.9. The van der Waals surface area contributed by atoms with Crippen molar-refractivity contribution < 1.29 is 18.0 Å². The molecule has 2 aliphatic rings. The van der Waals surface area contributed by atoms with E-state index in [-0.39, 0.29) is 30.3 Å². The first kappa shape index (κ1) is 28.2. The number of likely N-dealkylation sites (N-methyl/N-ethyl adjacent to an activating group) is 1. The van der Waals surface area contributed by atoms with Crippen LogP contribution in [0.25, 0.3) is 0 Å². The van der Waals surface area contributed by atoms with Gasteiger partial charge < -0.3 is 9.80 Å². The van der Waals surface area contributed by atoms with Gasteiger partial charge in [-0.2, -0.15) is 0 Å². The third-order valence-corrected chi connectivity index (χ3v) is 10.8. The first-order valence-electron chi connectivity index (χ1n) is 12.2. The fourth-order valence-electron chi connectivity index (χ4n) is 5.30. The Morgan fingerprint density at radius 1 is 0.919 bits per heavy atom. The molecule has 2 fully saturated rings. The van der Waals surface area contributed by atoms with Gasteiger partial charge in [-0.3, -0.25) is 9.59 Å². The number of piperidine rings is 2. The first-order chi connectivity index (χ1) is 17.5. The molecule has 2 aromatic rings. The van der Waals surface area contributed by atoms with Gasteiger partial charge in [0.25, 0.3) is 5.91 Å². The maximum Gasteiger partial charge on any atom is 0.253 e. The summed E-state index contributed by atoms with van der Waals surface area (Å²) in [4.78, 5) is 28.4. The number of sulfonamides is 1. The van der Waals surface area contributed by atoms with E-state index in [1.54, 1.807) is 57.6 Å². The van der Waals surface area contributed by atoms with Gasteiger partial charge in [0.1, 0.15) is 0 Å². The lowest BCUT2D eigenvalue weighted by atomic mass is 9.85. The molecule has 0 bridgehead atoms. The summed E-state index contributed by atoms with van der Waals surface area (Å²) >= 11 is 18.5. The van der Waals surface area contributed by atoms with Crippen LogP contribution in [0.2, 0.25) is 15.1 Å². The molecule has 200 valence electrons. The zero-order chi connectivity index (χ0) is 26.9. The van der Waals surface area contributed by atoms with Gasteiger partial charge in [0.05, 0.1) is 15.3 Å². The van der Waals surface area contributed by atoms with E-state index >= 15 is 0 Å². The van der Waals surface area contributed by atoms with E-state index < -0.39 is 15.3 Å². The van der Waals surface area contributed by atoms with Gasteiger partial charge in [-0.1, -0.05) is 40.9 Å². The Morgan fingerprint density at radius 2 is 1.57 bits per heavy atom. The lowest BCUT2D eigenvalue weighted by Gasteiger charge is -2.44. The van der Waals surface area contributed by atoms with E-state index in [4.69, 9.17) is 34.8 Å². The standard InChI is InChI=1S/C26H30Cl3N3O4S/c1-17(33)31-12-9-21(10-13-31)37(35,36)32-14-11-25(22(16-32)19-5-8-23(28)24(29)15-19)30(2)26(34)18-3-6-20(27)7-4-18/h3-8,15,21-22,25H,9-14,16H2,1-2H3/t22-,25+/m0/s1. The zero-order valence-electron chi connectivity index (χ0n) is 20.7. The highest BCUT2D eigenvalue weighted by atomic mass is 35.5. The predicted octanol–water partition coefficient (Wildman–Crippen LogP) is 4.92. The molecule has 0 aromatic heterocycles. The molecule has 0 aliphatic carbocycles. The molecule has 2 amide bonds. The van der Waals surface area contributed by atoms with Crippen molar-refractivity contribution in [1.82, 2.24) is 14.1 Å². The molecule has 37 heavy (non-hydrogen) atoms. The second kappa shape index (κ2) is 11.5. The summed E-state index contributed by atoms with van der Waals surface area (Å²) in [5.74, 6) is -0.513. The summed E-state index contributed by atoms with van der Waals surface area (Å²) in [6, 6.07) is 11.7. The number of rotatable bonds is 5. The molecule has 4 rings (SSSR count). The van der Waals surface area contributed by atoms with E-state index in [0.717, 1.165) is 5.56 Å². The molecule has 2 aromatic carbocycles. The summed E-state index contributed by atoms with van der Waals surface area (Å²) in [6.45, 7) is 2.89. The monoisotopic (exact) mass is 585 g/mol. The first-order valence-corrected chi connectivity index (χ1v) is 14.8. The number of benzene rings is 2. The largest absolute Gasteiger partial charge is 0.343 e. The molecule has 11 heteroatoms. The Kier molecular flexibility index (Phi) is 8.75. The van der Waals surface area contributed by atoms with E-state index in [1.165, 1.54) is 6.92 Å². The highest BCUT2D eigenvalue weighted by molar-refractivity contribution is 7.89. The van der Waals surface area contributed by atoms with E-state index in [9.17, 15) is 18.0 Å². The molecule has 0 spiro atoms. The van der Waals surface area contributed by atoms with Crippen molar-refractivity contribution in [1.29, 1.82) is 0 Å². The van der Waals surface area contributed by atoms with Crippen molar-refractivity contribution in [3.05, 3.63) is 68.7 Å². The van der Waals surface area contributed by atoms with E-state index in [0.29, 0.717) is 59.5 Å². The van der Waals surface area contributed by atoms with Crippen LogP contribution in [0.5, 0.6) is 0 Å². The molecule has 7 nitrogen and oxygen atoms in total. The van der Waals surface area contributed by atoms with Crippen LogP contribution in [0.4, 0.5) is 0 Å². The van der Waals surface area contributed by atoms with Gasteiger partial charge in [-0.15, -0.1) is 0 Å². The van der Waals surface area contributed by atoms with Crippen molar-refractivity contribution in [2.45, 2.75) is 43.4 Å². The average Bonchev–Trinajstić information content (AvgIpc) is 2.89. The van der Waals surface area contributed by atoms with Crippen LogP contribution in [-0.4, -0.2) is 78.9 Å². The molecule has 2 saturated heterocycles.